The van der Waals surface area contributed by atoms with Gasteiger partial charge in [0, 0.05) is 26.5 Å². The molecule has 0 aliphatic heterocycles. The van der Waals surface area contributed by atoms with Crippen molar-refractivity contribution < 1.29 is 21.1 Å². The molecule has 0 unspecified atom stereocenters. The molecule has 0 N–H and O–H groups in total. The Morgan fingerprint density at radius 2 is 2.00 bits per heavy atom. The van der Waals surface area contributed by atoms with Crippen LogP contribution in [0.4, 0.5) is 0 Å². The van der Waals surface area contributed by atoms with E-state index in [9.17, 15) is 0 Å². The second-order valence-electron chi connectivity index (χ2n) is 3.79. The van der Waals surface area contributed by atoms with E-state index in [1.807, 2.05) is 24.3 Å². The minimum Gasteiger partial charge on any atom is -0.183 e. The first kappa shape index (κ1) is 12.5. The van der Waals surface area contributed by atoms with E-state index < -0.39 is 0 Å². The van der Waals surface area contributed by atoms with E-state index in [2.05, 4.69) is 38.7 Å². The van der Waals surface area contributed by atoms with E-state index in [0.717, 1.165) is 5.56 Å². The SMILES string of the molecule is CC(C)(C)C#Cc1c[c-]ccc1.[W]. The maximum atomic E-state index is 3.17. The van der Waals surface area contributed by atoms with Crippen LogP contribution in [-0.2, 0) is 21.1 Å². The maximum absolute atomic E-state index is 3.17. The van der Waals surface area contributed by atoms with Gasteiger partial charge >= 0.3 is 0 Å². The summed E-state index contributed by atoms with van der Waals surface area (Å²) >= 11 is 0. The van der Waals surface area contributed by atoms with E-state index in [-0.39, 0.29) is 26.5 Å². The number of rotatable bonds is 0. The van der Waals surface area contributed by atoms with Crippen LogP contribution < -0.4 is 0 Å². The summed E-state index contributed by atoms with van der Waals surface area (Å²) in [5.41, 5.74) is 1.11. The molecule has 0 nitrogen and oxygen atoms in total. The van der Waals surface area contributed by atoms with Gasteiger partial charge in [0.05, 0.1) is 0 Å². The Kier molecular flexibility index (Phi) is 5.04. The maximum Gasteiger partial charge on any atom is 0.0223 e. The average Bonchev–Trinajstić information content (AvgIpc) is 2.02. The molecule has 0 fully saturated rings. The molecule has 0 spiro atoms. The van der Waals surface area contributed by atoms with Gasteiger partial charge in [0.25, 0.3) is 0 Å². The summed E-state index contributed by atoms with van der Waals surface area (Å²) < 4.78 is 0. The molecule has 0 radical (unpaired) electrons. The fraction of sp³-hybridized carbons (Fsp3) is 0.333. The van der Waals surface area contributed by atoms with Crippen molar-refractivity contribution in [3.8, 4) is 11.8 Å². The first-order chi connectivity index (χ1) is 5.58. The first-order valence-corrected chi connectivity index (χ1v) is 4.07. The third kappa shape index (κ3) is 5.67. The summed E-state index contributed by atoms with van der Waals surface area (Å²) in [5, 5.41) is 0. The van der Waals surface area contributed by atoms with Gasteiger partial charge in [0.2, 0.25) is 0 Å². The van der Waals surface area contributed by atoms with Crippen molar-refractivity contribution in [1.29, 1.82) is 0 Å². The summed E-state index contributed by atoms with van der Waals surface area (Å²) in [5.74, 6) is 6.27. The molecule has 1 aromatic carbocycles. The zero-order valence-electron chi connectivity index (χ0n) is 8.22. The molecule has 68 valence electrons. The number of hydrogen-bond donors (Lipinski definition) is 0. The van der Waals surface area contributed by atoms with E-state index in [4.69, 9.17) is 0 Å². The molecule has 1 heteroatoms. The predicted octanol–water partition coefficient (Wildman–Crippen LogP) is 2.88. The van der Waals surface area contributed by atoms with Gasteiger partial charge < -0.3 is 0 Å². The van der Waals surface area contributed by atoms with Crippen molar-refractivity contribution in [3.63, 3.8) is 0 Å². The van der Waals surface area contributed by atoms with Crippen molar-refractivity contribution in [1.82, 2.24) is 0 Å². The largest absolute Gasteiger partial charge is 0.183 e. The van der Waals surface area contributed by atoms with Crippen LogP contribution in [0.1, 0.15) is 26.3 Å². The normalized spacial score (nSPS) is 9.46. The van der Waals surface area contributed by atoms with Crippen LogP contribution in [0.2, 0.25) is 0 Å². The van der Waals surface area contributed by atoms with Crippen molar-refractivity contribution in [2.24, 2.45) is 5.41 Å². The number of benzene rings is 1. The molecule has 0 heterocycles. The van der Waals surface area contributed by atoms with Crippen molar-refractivity contribution in [2.75, 3.05) is 0 Å². The molecule has 0 bridgehead atoms. The third-order valence-corrected chi connectivity index (χ3v) is 1.29. The Labute approximate surface area is 95.0 Å². The predicted molar refractivity (Wildman–Crippen MR) is 51.6 cm³/mol. The quantitative estimate of drug-likeness (QED) is 0.503. The van der Waals surface area contributed by atoms with Gasteiger partial charge in [-0.25, -0.2) is 0 Å². The molecule has 0 amide bonds. The molecule has 0 aliphatic carbocycles. The van der Waals surface area contributed by atoms with Crippen molar-refractivity contribution >= 4 is 0 Å². The van der Waals surface area contributed by atoms with Crippen LogP contribution in [0.5, 0.6) is 0 Å². The molecule has 0 aromatic heterocycles. The van der Waals surface area contributed by atoms with Crippen LogP contribution in [0.15, 0.2) is 24.3 Å². The molecule has 0 saturated heterocycles. The third-order valence-electron chi connectivity index (χ3n) is 1.29. The van der Waals surface area contributed by atoms with Crippen LogP contribution in [0.3, 0.4) is 0 Å². The van der Waals surface area contributed by atoms with Crippen molar-refractivity contribution in [2.45, 2.75) is 20.8 Å². The Hall–Kier alpha value is -0.532. The van der Waals surface area contributed by atoms with Gasteiger partial charge in [-0.05, 0) is 20.8 Å². The second kappa shape index (κ2) is 5.25. The van der Waals surface area contributed by atoms with Gasteiger partial charge in [0.15, 0.2) is 0 Å². The van der Waals surface area contributed by atoms with Crippen LogP contribution in [-0.4, -0.2) is 0 Å². The van der Waals surface area contributed by atoms with E-state index in [1.165, 1.54) is 0 Å². The fourth-order valence-corrected chi connectivity index (χ4v) is 0.731. The standard InChI is InChI=1S/C12H13.W/c1-12(2,3)10-9-11-7-5-4-6-8-11;/h4-5,7-8H,1-3H3;/q-1;. The molecule has 0 atom stereocenters. The molecule has 0 saturated carbocycles. The monoisotopic (exact) mass is 341 g/mol. The summed E-state index contributed by atoms with van der Waals surface area (Å²) in [6, 6.07) is 10.7. The molecule has 1 rings (SSSR count). The van der Waals surface area contributed by atoms with E-state index in [1.54, 1.807) is 0 Å². The molecule has 0 aliphatic rings. The van der Waals surface area contributed by atoms with Crippen LogP contribution >= 0.6 is 0 Å². The topological polar surface area (TPSA) is 0 Å². The summed E-state index contributed by atoms with van der Waals surface area (Å²) in [6.07, 6.45) is 0. The molecular formula is C12H13W-. The summed E-state index contributed by atoms with van der Waals surface area (Å²) in [6.45, 7) is 6.31. The van der Waals surface area contributed by atoms with Gasteiger partial charge in [-0.2, -0.15) is 30.3 Å². The van der Waals surface area contributed by atoms with Gasteiger partial charge in [-0.3, -0.25) is 0 Å². The Morgan fingerprint density at radius 3 is 2.46 bits per heavy atom. The summed E-state index contributed by atoms with van der Waals surface area (Å²) in [7, 11) is 0. The zero-order chi connectivity index (χ0) is 9.03. The van der Waals surface area contributed by atoms with E-state index >= 15 is 0 Å². The van der Waals surface area contributed by atoms with Gasteiger partial charge in [0.1, 0.15) is 0 Å². The van der Waals surface area contributed by atoms with Gasteiger partial charge in [-0.1, -0.05) is 5.56 Å². The Morgan fingerprint density at radius 1 is 1.31 bits per heavy atom. The van der Waals surface area contributed by atoms with Gasteiger partial charge in [-0.15, -0.1) is 11.8 Å². The summed E-state index contributed by atoms with van der Waals surface area (Å²) in [4.78, 5) is 0. The fourth-order valence-electron chi connectivity index (χ4n) is 0.731. The first-order valence-electron chi connectivity index (χ1n) is 4.07. The molecule has 13 heavy (non-hydrogen) atoms. The number of hydrogen-bond acceptors (Lipinski definition) is 0. The molecular weight excluding hydrogens is 328 g/mol. The second-order valence-corrected chi connectivity index (χ2v) is 3.79. The van der Waals surface area contributed by atoms with Crippen LogP contribution in [0.25, 0.3) is 0 Å². The van der Waals surface area contributed by atoms with Crippen molar-refractivity contribution in [3.05, 3.63) is 35.9 Å². The van der Waals surface area contributed by atoms with Crippen LogP contribution in [0, 0.1) is 23.3 Å². The van der Waals surface area contributed by atoms with E-state index in [0.29, 0.717) is 0 Å². The Bertz CT molecular complexity index is 295. The average molecular weight is 341 g/mol. The smallest absolute Gasteiger partial charge is 0.0223 e. The Balaban J connectivity index is 0.00000144. The molecule has 1 aromatic rings. The minimum atomic E-state index is 0. The zero-order valence-corrected chi connectivity index (χ0v) is 11.2. The minimum absolute atomic E-state index is 0.